The number of amides is 2. The predicted molar refractivity (Wildman–Crippen MR) is 60.0 cm³/mol. The van der Waals surface area contributed by atoms with Crippen molar-refractivity contribution in [1.29, 1.82) is 0 Å². The van der Waals surface area contributed by atoms with Gasteiger partial charge in [0.2, 0.25) is 11.8 Å². The van der Waals surface area contributed by atoms with Crippen LogP contribution in [0.1, 0.15) is 26.7 Å². The van der Waals surface area contributed by atoms with E-state index in [1.807, 2.05) is 13.8 Å². The molecule has 2 amide bonds. The summed E-state index contributed by atoms with van der Waals surface area (Å²) in [6.45, 7) is 3.76. The summed E-state index contributed by atoms with van der Waals surface area (Å²) in [6.07, 6.45) is 4.24. The van der Waals surface area contributed by atoms with E-state index in [0.29, 0.717) is 6.42 Å². The van der Waals surface area contributed by atoms with Crippen molar-refractivity contribution in [3.63, 3.8) is 0 Å². The molecular weight excluding hydrogens is 208 g/mol. The molecule has 0 aliphatic rings. The monoisotopic (exact) mass is 226 g/mol. The molecule has 16 heavy (non-hydrogen) atoms. The fraction of sp³-hybridized carbons (Fsp3) is 0.636. The van der Waals surface area contributed by atoms with Gasteiger partial charge < -0.3 is 16.2 Å². The first-order chi connectivity index (χ1) is 7.38. The van der Waals surface area contributed by atoms with Gasteiger partial charge in [0.15, 0.2) is 0 Å². The van der Waals surface area contributed by atoms with Gasteiger partial charge in [-0.05, 0) is 12.3 Å². The second kappa shape index (κ2) is 6.85. The number of primary amides is 1. The Morgan fingerprint density at radius 1 is 1.50 bits per heavy atom. The normalized spacial score (nSPS) is 13.9. The van der Waals surface area contributed by atoms with Crippen LogP contribution in [0.3, 0.4) is 0 Å². The van der Waals surface area contributed by atoms with E-state index in [1.54, 1.807) is 0 Å². The first kappa shape index (κ1) is 14.5. The molecule has 0 aromatic rings. The number of terminal acetylenes is 1. The standard InChI is InChI=1S/C11H18N2O3/c1-4-5-8(10(12)15)13-11(16)9(14)6-7(2)3/h1,7-9,14H,5-6H2,2-3H3,(H2,12,15)(H,13,16)/t8-,9+/m0/s1. The van der Waals surface area contributed by atoms with Crippen molar-refractivity contribution in [2.45, 2.75) is 38.8 Å². The number of hydrogen-bond donors (Lipinski definition) is 3. The molecule has 0 heterocycles. The molecule has 5 nitrogen and oxygen atoms in total. The highest BCUT2D eigenvalue weighted by atomic mass is 16.3. The van der Waals surface area contributed by atoms with Gasteiger partial charge in [0.05, 0.1) is 0 Å². The molecule has 0 spiro atoms. The molecule has 0 unspecified atom stereocenters. The zero-order valence-corrected chi connectivity index (χ0v) is 9.56. The van der Waals surface area contributed by atoms with Crippen LogP contribution >= 0.6 is 0 Å². The molecular formula is C11H18N2O3. The largest absolute Gasteiger partial charge is 0.383 e. The van der Waals surface area contributed by atoms with Crippen LogP contribution in [0.15, 0.2) is 0 Å². The van der Waals surface area contributed by atoms with E-state index >= 15 is 0 Å². The smallest absolute Gasteiger partial charge is 0.249 e. The molecule has 0 aromatic carbocycles. The molecule has 0 rings (SSSR count). The van der Waals surface area contributed by atoms with Crippen molar-refractivity contribution in [3.05, 3.63) is 0 Å². The number of rotatable bonds is 6. The lowest BCUT2D eigenvalue weighted by Gasteiger charge is -2.17. The Morgan fingerprint density at radius 2 is 2.06 bits per heavy atom. The molecule has 0 radical (unpaired) electrons. The summed E-state index contributed by atoms with van der Waals surface area (Å²) in [7, 11) is 0. The number of aliphatic hydroxyl groups excluding tert-OH is 1. The molecule has 5 heteroatoms. The van der Waals surface area contributed by atoms with Crippen molar-refractivity contribution in [2.75, 3.05) is 0 Å². The Labute approximate surface area is 95.4 Å². The third kappa shape index (κ3) is 5.37. The SMILES string of the molecule is C#CC[C@H](NC(=O)[C@H](O)CC(C)C)C(N)=O. The van der Waals surface area contributed by atoms with Crippen LogP contribution in [0, 0.1) is 18.3 Å². The van der Waals surface area contributed by atoms with Crippen molar-refractivity contribution in [3.8, 4) is 12.3 Å². The van der Waals surface area contributed by atoms with E-state index in [4.69, 9.17) is 12.2 Å². The maximum Gasteiger partial charge on any atom is 0.249 e. The maximum atomic E-state index is 11.4. The van der Waals surface area contributed by atoms with E-state index in [9.17, 15) is 14.7 Å². The summed E-state index contributed by atoms with van der Waals surface area (Å²) in [5.74, 6) is 1.09. The first-order valence-corrected chi connectivity index (χ1v) is 5.09. The number of carbonyl (C=O) groups excluding carboxylic acids is 2. The van der Waals surface area contributed by atoms with Crippen LogP contribution in [0.4, 0.5) is 0 Å². The van der Waals surface area contributed by atoms with E-state index < -0.39 is 24.0 Å². The Kier molecular flexibility index (Phi) is 6.19. The average molecular weight is 226 g/mol. The second-order valence-electron chi connectivity index (χ2n) is 4.02. The van der Waals surface area contributed by atoms with Gasteiger partial charge in [0, 0.05) is 6.42 Å². The summed E-state index contributed by atoms with van der Waals surface area (Å²) < 4.78 is 0. The van der Waals surface area contributed by atoms with Crippen molar-refractivity contribution in [1.82, 2.24) is 5.32 Å². The van der Waals surface area contributed by atoms with E-state index in [-0.39, 0.29) is 12.3 Å². The Hall–Kier alpha value is -1.54. The molecule has 90 valence electrons. The zero-order chi connectivity index (χ0) is 12.7. The topological polar surface area (TPSA) is 92.4 Å². The highest BCUT2D eigenvalue weighted by molar-refractivity contribution is 5.88. The lowest BCUT2D eigenvalue weighted by Crippen LogP contribution is -2.48. The number of hydrogen-bond acceptors (Lipinski definition) is 3. The van der Waals surface area contributed by atoms with Crippen molar-refractivity contribution in [2.24, 2.45) is 11.7 Å². The number of nitrogens with two attached hydrogens (primary N) is 1. The molecule has 4 N–H and O–H groups in total. The number of aliphatic hydroxyl groups is 1. The third-order valence-electron chi connectivity index (χ3n) is 1.98. The number of carbonyl (C=O) groups is 2. The van der Waals surface area contributed by atoms with Gasteiger partial charge in [-0.2, -0.15) is 0 Å². The van der Waals surface area contributed by atoms with Crippen LogP contribution < -0.4 is 11.1 Å². The van der Waals surface area contributed by atoms with Gasteiger partial charge in [-0.1, -0.05) is 13.8 Å². The fourth-order valence-electron chi connectivity index (χ4n) is 1.16. The molecule has 2 atom stereocenters. The van der Waals surface area contributed by atoms with Crippen LogP contribution in [0.5, 0.6) is 0 Å². The van der Waals surface area contributed by atoms with Gasteiger partial charge in [0.1, 0.15) is 12.1 Å². The zero-order valence-electron chi connectivity index (χ0n) is 9.56. The quantitative estimate of drug-likeness (QED) is 0.527. The summed E-state index contributed by atoms with van der Waals surface area (Å²) in [5.41, 5.74) is 5.04. The second-order valence-corrected chi connectivity index (χ2v) is 4.02. The fourth-order valence-corrected chi connectivity index (χ4v) is 1.16. The maximum absolute atomic E-state index is 11.4. The average Bonchev–Trinajstić information content (AvgIpc) is 2.15. The van der Waals surface area contributed by atoms with Gasteiger partial charge in [-0.25, -0.2) is 0 Å². The summed E-state index contributed by atoms with van der Waals surface area (Å²) in [5, 5.41) is 11.8. The molecule has 0 aromatic heterocycles. The van der Waals surface area contributed by atoms with Gasteiger partial charge in [-0.3, -0.25) is 9.59 Å². The van der Waals surface area contributed by atoms with Crippen LogP contribution in [0.2, 0.25) is 0 Å². The molecule has 0 fully saturated rings. The summed E-state index contributed by atoms with van der Waals surface area (Å²) >= 11 is 0. The molecule has 0 saturated heterocycles. The van der Waals surface area contributed by atoms with Crippen LogP contribution in [-0.4, -0.2) is 29.1 Å². The third-order valence-corrected chi connectivity index (χ3v) is 1.98. The minimum atomic E-state index is -1.14. The van der Waals surface area contributed by atoms with Gasteiger partial charge in [0.25, 0.3) is 0 Å². The van der Waals surface area contributed by atoms with E-state index in [2.05, 4.69) is 11.2 Å². The highest BCUT2D eigenvalue weighted by Gasteiger charge is 2.22. The minimum Gasteiger partial charge on any atom is -0.383 e. The Balaban J connectivity index is 4.30. The molecule has 0 aliphatic heterocycles. The Bertz CT molecular complexity index is 294. The number of nitrogens with one attached hydrogen (secondary N) is 1. The molecule has 0 aliphatic carbocycles. The van der Waals surface area contributed by atoms with Gasteiger partial charge >= 0.3 is 0 Å². The van der Waals surface area contributed by atoms with E-state index in [0.717, 1.165) is 0 Å². The summed E-state index contributed by atoms with van der Waals surface area (Å²) in [6, 6.07) is -0.917. The lowest BCUT2D eigenvalue weighted by atomic mass is 10.0. The van der Waals surface area contributed by atoms with Crippen molar-refractivity contribution < 1.29 is 14.7 Å². The first-order valence-electron chi connectivity index (χ1n) is 5.09. The highest BCUT2D eigenvalue weighted by Crippen LogP contribution is 2.04. The van der Waals surface area contributed by atoms with E-state index in [1.165, 1.54) is 0 Å². The molecule has 0 bridgehead atoms. The minimum absolute atomic E-state index is 0.0233. The van der Waals surface area contributed by atoms with Crippen LogP contribution in [0.25, 0.3) is 0 Å². The predicted octanol–water partition coefficient (Wildman–Crippen LogP) is -0.613. The Morgan fingerprint density at radius 3 is 2.44 bits per heavy atom. The lowest BCUT2D eigenvalue weighted by molar-refractivity contribution is -0.133. The van der Waals surface area contributed by atoms with Crippen molar-refractivity contribution >= 4 is 11.8 Å². The van der Waals surface area contributed by atoms with Gasteiger partial charge in [-0.15, -0.1) is 12.3 Å². The molecule has 0 saturated carbocycles. The van der Waals surface area contributed by atoms with Crippen LogP contribution in [-0.2, 0) is 9.59 Å². The summed E-state index contributed by atoms with van der Waals surface area (Å²) in [4.78, 5) is 22.3.